The van der Waals surface area contributed by atoms with Gasteiger partial charge in [0.05, 0.1) is 0 Å². The summed E-state index contributed by atoms with van der Waals surface area (Å²) in [6.45, 7) is 3.90. The first kappa shape index (κ1) is 12.9. The molecule has 0 aromatic carbocycles. The molecule has 0 aromatic rings. The SMILES string of the molecule is CC/C=C\C(F)=C/C(C)C/C=C\ON. The lowest BCUT2D eigenvalue weighted by molar-refractivity contribution is 0.259. The number of allylic oxidation sites excluding steroid dienone is 5. The number of rotatable bonds is 6. The third-order valence-corrected chi connectivity index (χ3v) is 1.64. The molecule has 0 fully saturated rings. The van der Waals surface area contributed by atoms with E-state index in [4.69, 9.17) is 5.90 Å². The van der Waals surface area contributed by atoms with Gasteiger partial charge >= 0.3 is 0 Å². The van der Waals surface area contributed by atoms with Gasteiger partial charge in [0.25, 0.3) is 0 Å². The van der Waals surface area contributed by atoms with Crippen LogP contribution in [0, 0.1) is 5.92 Å². The van der Waals surface area contributed by atoms with Gasteiger partial charge in [-0.15, -0.1) is 0 Å². The van der Waals surface area contributed by atoms with Crippen molar-refractivity contribution in [2.45, 2.75) is 26.7 Å². The van der Waals surface area contributed by atoms with E-state index < -0.39 is 0 Å². The van der Waals surface area contributed by atoms with Crippen molar-refractivity contribution < 1.29 is 9.23 Å². The van der Waals surface area contributed by atoms with E-state index in [2.05, 4.69) is 4.84 Å². The fraction of sp³-hybridized carbons (Fsp3) is 0.455. The third kappa shape index (κ3) is 7.55. The van der Waals surface area contributed by atoms with Gasteiger partial charge < -0.3 is 4.84 Å². The van der Waals surface area contributed by atoms with Crippen LogP contribution in [0.2, 0.25) is 0 Å². The molecule has 14 heavy (non-hydrogen) atoms. The highest BCUT2D eigenvalue weighted by molar-refractivity contribution is 5.12. The molecule has 0 aromatic heterocycles. The second-order valence-corrected chi connectivity index (χ2v) is 3.08. The van der Waals surface area contributed by atoms with E-state index in [1.807, 2.05) is 13.8 Å². The predicted octanol–water partition coefficient (Wildman–Crippen LogP) is 3.24. The van der Waals surface area contributed by atoms with Gasteiger partial charge in [0.2, 0.25) is 0 Å². The minimum Gasteiger partial charge on any atom is -0.420 e. The Balaban J connectivity index is 3.94. The second-order valence-electron chi connectivity index (χ2n) is 3.08. The first-order valence-corrected chi connectivity index (χ1v) is 4.75. The van der Waals surface area contributed by atoms with Crippen molar-refractivity contribution >= 4 is 0 Å². The Labute approximate surface area is 84.9 Å². The smallest absolute Gasteiger partial charge is 0.119 e. The molecule has 80 valence electrons. The Kier molecular flexibility index (Phi) is 7.84. The Morgan fingerprint density at radius 2 is 2.21 bits per heavy atom. The first-order valence-electron chi connectivity index (χ1n) is 4.75. The zero-order valence-electron chi connectivity index (χ0n) is 8.74. The molecule has 2 nitrogen and oxygen atoms in total. The lowest BCUT2D eigenvalue weighted by Crippen LogP contribution is -1.90. The topological polar surface area (TPSA) is 35.2 Å². The van der Waals surface area contributed by atoms with Crippen LogP contribution in [-0.4, -0.2) is 0 Å². The lowest BCUT2D eigenvalue weighted by atomic mass is 10.1. The molecule has 0 saturated carbocycles. The minimum absolute atomic E-state index is 0.142. The highest BCUT2D eigenvalue weighted by Gasteiger charge is 1.96. The molecule has 1 atom stereocenters. The van der Waals surface area contributed by atoms with Gasteiger partial charge in [-0.3, -0.25) is 0 Å². The van der Waals surface area contributed by atoms with Crippen LogP contribution in [-0.2, 0) is 4.84 Å². The van der Waals surface area contributed by atoms with E-state index >= 15 is 0 Å². The predicted molar refractivity (Wildman–Crippen MR) is 56.8 cm³/mol. The maximum atomic E-state index is 13.0. The molecule has 0 aliphatic rings. The summed E-state index contributed by atoms with van der Waals surface area (Å²) >= 11 is 0. The Bertz CT molecular complexity index is 221. The molecule has 0 spiro atoms. The molecular weight excluding hydrogens is 181 g/mol. The van der Waals surface area contributed by atoms with Crippen molar-refractivity contribution in [2.75, 3.05) is 0 Å². The monoisotopic (exact) mass is 199 g/mol. The normalized spacial score (nSPS) is 15.3. The van der Waals surface area contributed by atoms with Crippen molar-refractivity contribution in [3.05, 3.63) is 36.4 Å². The molecule has 0 bridgehead atoms. The zero-order valence-corrected chi connectivity index (χ0v) is 8.74. The minimum atomic E-state index is -0.193. The first-order chi connectivity index (χ1) is 6.70. The van der Waals surface area contributed by atoms with Crippen LogP contribution >= 0.6 is 0 Å². The average molecular weight is 199 g/mol. The summed E-state index contributed by atoms with van der Waals surface area (Å²) in [6, 6.07) is 0. The van der Waals surface area contributed by atoms with E-state index in [1.54, 1.807) is 18.2 Å². The van der Waals surface area contributed by atoms with Gasteiger partial charge in [-0.25, -0.2) is 4.39 Å². The molecule has 0 aliphatic heterocycles. The number of hydrogen-bond acceptors (Lipinski definition) is 2. The van der Waals surface area contributed by atoms with Crippen molar-refractivity contribution in [3.63, 3.8) is 0 Å². The largest absolute Gasteiger partial charge is 0.420 e. The molecule has 0 amide bonds. The highest BCUT2D eigenvalue weighted by Crippen LogP contribution is 2.10. The van der Waals surface area contributed by atoms with Crippen LogP contribution < -0.4 is 5.90 Å². The summed E-state index contributed by atoms with van der Waals surface area (Å²) in [5, 5.41) is 0. The highest BCUT2D eigenvalue weighted by atomic mass is 19.1. The van der Waals surface area contributed by atoms with Gasteiger partial charge in [-0.1, -0.05) is 19.9 Å². The van der Waals surface area contributed by atoms with E-state index in [0.29, 0.717) is 6.42 Å². The molecule has 0 heterocycles. The molecule has 2 N–H and O–H groups in total. The Morgan fingerprint density at radius 1 is 1.50 bits per heavy atom. The van der Waals surface area contributed by atoms with Crippen molar-refractivity contribution in [1.29, 1.82) is 0 Å². The van der Waals surface area contributed by atoms with Crippen LogP contribution in [0.5, 0.6) is 0 Å². The standard InChI is InChI=1S/C11H18FNO/c1-3-4-7-11(12)9-10(2)6-5-8-14-13/h4-5,7-10H,3,6,13H2,1-2H3/b7-4-,8-5-,11-9+. The third-order valence-electron chi connectivity index (χ3n) is 1.64. The van der Waals surface area contributed by atoms with Crippen molar-refractivity contribution in [2.24, 2.45) is 11.8 Å². The van der Waals surface area contributed by atoms with Gasteiger partial charge in [-0.05, 0) is 37.0 Å². The van der Waals surface area contributed by atoms with Gasteiger partial charge in [0.15, 0.2) is 0 Å². The van der Waals surface area contributed by atoms with E-state index in [0.717, 1.165) is 6.42 Å². The molecule has 3 heteroatoms. The quantitative estimate of drug-likeness (QED) is 0.405. The van der Waals surface area contributed by atoms with Crippen LogP contribution in [0.15, 0.2) is 36.4 Å². The number of hydrogen-bond donors (Lipinski definition) is 1. The molecular formula is C11H18FNO. The summed E-state index contributed by atoms with van der Waals surface area (Å²) < 4.78 is 13.0. The van der Waals surface area contributed by atoms with Gasteiger partial charge in [0.1, 0.15) is 12.1 Å². The number of nitrogens with two attached hydrogens (primary N) is 1. The van der Waals surface area contributed by atoms with Gasteiger partial charge in [0, 0.05) is 0 Å². The molecule has 0 rings (SSSR count). The molecule has 0 saturated heterocycles. The fourth-order valence-electron chi connectivity index (χ4n) is 0.952. The summed E-state index contributed by atoms with van der Waals surface area (Å²) in [5.74, 6) is 4.74. The van der Waals surface area contributed by atoms with Crippen LogP contribution in [0.3, 0.4) is 0 Å². The number of halogens is 1. The van der Waals surface area contributed by atoms with Crippen molar-refractivity contribution in [1.82, 2.24) is 0 Å². The Morgan fingerprint density at radius 3 is 2.79 bits per heavy atom. The second kappa shape index (κ2) is 8.51. The molecule has 1 unspecified atom stereocenters. The maximum absolute atomic E-state index is 13.0. The summed E-state index contributed by atoms with van der Waals surface area (Å²) in [7, 11) is 0. The van der Waals surface area contributed by atoms with Crippen LogP contribution in [0.1, 0.15) is 26.7 Å². The van der Waals surface area contributed by atoms with Crippen LogP contribution in [0.25, 0.3) is 0 Å². The summed E-state index contributed by atoms with van der Waals surface area (Å²) in [6.07, 6.45) is 9.56. The van der Waals surface area contributed by atoms with Crippen LogP contribution in [0.4, 0.5) is 4.39 Å². The molecule has 0 radical (unpaired) electrons. The zero-order chi connectivity index (χ0) is 10.8. The summed E-state index contributed by atoms with van der Waals surface area (Å²) in [4.78, 5) is 4.25. The van der Waals surface area contributed by atoms with E-state index in [1.165, 1.54) is 12.3 Å². The average Bonchev–Trinajstić information content (AvgIpc) is 2.15. The van der Waals surface area contributed by atoms with E-state index in [-0.39, 0.29) is 11.7 Å². The van der Waals surface area contributed by atoms with Crippen molar-refractivity contribution in [3.8, 4) is 0 Å². The maximum Gasteiger partial charge on any atom is 0.119 e. The molecule has 0 aliphatic carbocycles. The fourth-order valence-corrected chi connectivity index (χ4v) is 0.952. The van der Waals surface area contributed by atoms with E-state index in [9.17, 15) is 4.39 Å². The summed E-state index contributed by atoms with van der Waals surface area (Å²) in [5.41, 5.74) is 0. The van der Waals surface area contributed by atoms with Gasteiger partial charge in [-0.2, -0.15) is 5.90 Å². The lowest BCUT2D eigenvalue weighted by Gasteiger charge is -2.00. The Hall–Kier alpha value is -1.09.